The number of methoxy groups -OCH3 is 1. The van der Waals surface area contributed by atoms with Crippen molar-refractivity contribution in [1.29, 1.82) is 0 Å². The lowest BCUT2D eigenvalue weighted by atomic mass is 10.1. The Kier molecular flexibility index (Phi) is 5.05. The number of ether oxygens (including phenoxy) is 1. The smallest absolute Gasteiger partial charge is 0.337 e. The molecule has 19 heavy (non-hydrogen) atoms. The Morgan fingerprint density at radius 3 is 2.32 bits per heavy atom. The highest BCUT2D eigenvalue weighted by Gasteiger charge is 2.04. The summed E-state index contributed by atoms with van der Waals surface area (Å²) in [5, 5.41) is 0. The van der Waals surface area contributed by atoms with Gasteiger partial charge in [0.15, 0.2) is 0 Å². The monoisotopic (exact) mass is 336 g/mol. The van der Waals surface area contributed by atoms with Gasteiger partial charge in [-0.1, -0.05) is 28.1 Å². The fraction of sp³-hybridized carbons (Fsp3) is 0.133. The number of hydrogen-bond acceptors (Lipinski definition) is 3. The molecular weight excluding hydrogens is 324 g/mol. The molecule has 2 nitrogen and oxygen atoms in total. The Morgan fingerprint density at radius 1 is 1.11 bits per heavy atom. The highest BCUT2D eigenvalue weighted by molar-refractivity contribution is 9.10. The van der Waals surface area contributed by atoms with E-state index in [1.54, 1.807) is 23.9 Å². The van der Waals surface area contributed by atoms with Crippen LogP contribution < -0.4 is 0 Å². The molecule has 98 valence electrons. The maximum Gasteiger partial charge on any atom is 0.337 e. The summed E-state index contributed by atoms with van der Waals surface area (Å²) in [4.78, 5) is 12.5. The summed E-state index contributed by atoms with van der Waals surface area (Å²) in [7, 11) is 1.39. The summed E-state index contributed by atoms with van der Waals surface area (Å²) < 4.78 is 5.75. The van der Waals surface area contributed by atoms with Crippen LogP contribution in [0.5, 0.6) is 0 Å². The maximum atomic E-state index is 11.3. The molecule has 0 aliphatic carbocycles. The number of carbonyl (C=O) groups excluding carboxylic acids is 1. The van der Waals surface area contributed by atoms with E-state index in [1.165, 1.54) is 17.6 Å². The van der Waals surface area contributed by atoms with E-state index in [-0.39, 0.29) is 5.97 Å². The summed E-state index contributed by atoms with van der Waals surface area (Å²) in [5.41, 5.74) is 1.76. The number of rotatable bonds is 4. The van der Waals surface area contributed by atoms with Gasteiger partial charge in [0.25, 0.3) is 0 Å². The van der Waals surface area contributed by atoms with E-state index < -0.39 is 0 Å². The molecule has 0 saturated carbocycles. The summed E-state index contributed by atoms with van der Waals surface area (Å²) in [6.07, 6.45) is 0. The predicted octanol–water partition coefficient (Wildman–Crippen LogP) is 4.53. The van der Waals surface area contributed by atoms with E-state index in [1.807, 2.05) is 24.3 Å². The van der Waals surface area contributed by atoms with Gasteiger partial charge < -0.3 is 4.74 Å². The Bertz CT molecular complexity index is 549. The average Bonchev–Trinajstić information content (AvgIpc) is 2.46. The average molecular weight is 337 g/mol. The zero-order valence-electron chi connectivity index (χ0n) is 10.4. The Hall–Kier alpha value is -1.26. The van der Waals surface area contributed by atoms with Crippen LogP contribution >= 0.6 is 27.7 Å². The topological polar surface area (TPSA) is 26.3 Å². The highest BCUT2D eigenvalue weighted by Crippen LogP contribution is 2.24. The lowest BCUT2D eigenvalue weighted by molar-refractivity contribution is 0.0601. The van der Waals surface area contributed by atoms with Crippen LogP contribution in [0.25, 0.3) is 0 Å². The summed E-state index contributed by atoms with van der Waals surface area (Å²) in [6.45, 7) is 0. The van der Waals surface area contributed by atoms with Crippen LogP contribution in [0.2, 0.25) is 0 Å². The van der Waals surface area contributed by atoms with Crippen LogP contribution in [-0.4, -0.2) is 13.1 Å². The second kappa shape index (κ2) is 6.78. The fourth-order valence-corrected chi connectivity index (χ4v) is 2.67. The quantitative estimate of drug-likeness (QED) is 0.606. The van der Waals surface area contributed by atoms with Gasteiger partial charge in [0.05, 0.1) is 12.7 Å². The lowest BCUT2D eigenvalue weighted by Gasteiger charge is -2.04. The molecular formula is C15H13BrO2S. The lowest BCUT2D eigenvalue weighted by Crippen LogP contribution is -2.00. The summed E-state index contributed by atoms with van der Waals surface area (Å²) >= 11 is 5.18. The fourth-order valence-electron chi connectivity index (χ4n) is 1.55. The Balaban J connectivity index is 1.96. The van der Waals surface area contributed by atoms with Crippen LogP contribution in [0.15, 0.2) is 57.9 Å². The van der Waals surface area contributed by atoms with Gasteiger partial charge in [-0.25, -0.2) is 4.79 Å². The number of thioether (sulfide) groups is 1. The minimum absolute atomic E-state index is 0.299. The van der Waals surface area contributed by atoms with Crippen molar-refractivity contribution in [2.45, 2.75) is 10.6 Å². The molecule has 0 aliphatic heterocycles. The molecule has 0 saturated heterocycles. The number of benzene rings is 2. The van der Waals surface area contributed by atoms with E-state index in [2.05, 4.69) is 32.8 Å². The molecule has 0 aromatic heterocycles. The Labute approximate surface area is 125 Å². The molecule has 0 fully saturated rings. The van der Waals surface area contributed by atoms with Crippen molar-refractivity contribution in [3.05, 3.63) is 64.1 Å². The van der Waals surface area contributed by atoms with Crippen LogP contribution in [-0.2, 0) is 10.5 Å². The van der Waals surface area contributed by atoms with E-state index >= 15 is 0 Å². The molecule has 0 bridgehead atoms. The number of esters is 1. The minimum atomic E-state index is -0.299. The largest absolute Gasteiger partial charge is 0.465 e. The molecule has 2 aromatic rings. The van der Waals surface area contributed by atoms with E-state index in [0.717, 1.165) is 10.2 Å². The van der Waals surface area contributed by atoms with Gasteiger partial charge in [0.2, 0.25) is 0 Å². The number of halogens is 1. The van der Waals surface area contributed by atoms with Gasteiger partial charge in [-0.15, -0.1) is 11.8 Å². The van der Waals surface area contributed by atoms with Crippen molar-refractivity contribution in [2.24, 2.45) is 0 Å². The van der Waals surface area contributed by atoms with Gasteiger partial charge in [0.1, 0.15) is 0 Å². The molecule has 0 heterocycles. The van der Waals surface area contributed by atoms with Gasteiger partial charge in [0, 0.05) is 15.1 Å². The molecule has 0 N–H and O–H groups in total. The molecule has 0 atom stereocenters. The number of hydrogen-bond donors (Lipinski definition) is 0. The summed E-state index contributed by atoms with van der Waals surface area (Å²) in [5.74, 6) is 0.579. The molecule has 0 spiro atoms. The highest BCUT2D eigenvalue weighted by atomic mass is 79.9. The normalized spacial score (nSPS) is 10.2. The third-order valence-electron chi connectivity index (χ3n) is 2.59. The molecule has 4 heteroatoms. The van der Waals surface area contributed by atoms with Crippen molar-refractivity contribution >= 4 is 33.7 Å². The van der Waals surface area contributed by atoms with Crippen LogP contribution in [0.3, 0.4) is 0 Å². The predicted molar refractivity (Wildman–Crippen MR) is 81.5 cm³/mol. The molecule has 0 radical (unpaired) electrons. The molecule has 2 aromatic carbocycles. The van der Waals surface area contributed by atoms with Crippen molar-refractivity contribution < 1.29 is 9.53 Å². The van der Waals surface area contributed by atoms with E-state index in [0.29, 0.717) is 5.56 Å². The second-order valence-electron chi connectivity index (χ2n) is 3.93. The minimum Gasteiger partial charge on any atom is -0.465 e. The van der Waals surface area contributed by atoms with E-state index in [9.17, 15) is 4.79 Å². The zero-order valence-corrected chi connectivity index (χ0v) is 12.8. The van der Waals surface area contributed by atoms with Crippen LogP contribution in [0.4, 0.5) is 0 Å². The van der Waals surface area contributed by atoms with Gasteiger partial charge in [-0.2, -0.15) is 0 Å². The first-order valence-corrected chi connectivity index (χ1v) is 7.52. The van der Waals surface area contributed by atoms with Crippen LogP contribution in [0, 0.1) is 0 Å². The second-order valence-corrected chi connectivity index (χ2v) is 5.90. The maximum absolute atomic E-state index is 11.3. The van der Waals surface area contributed by atoms with Gasteiger partial charge in [-0.05, 0) is 42.0 Å². The first kappa shape index (κ1) is 14.2. The third-order valence-corrected chi connectivity index (χ3v) is 4.21. The first-order valence-electron chi connectivity index (χ1n) is 5.74. The SMILES string of the molecule is COC(=O)c1ccc(CSc2ccc(Br)cc2)cc1. The standard InChI is InChI=1S/C15H13BrO2S/c1-18-15(17)12-4-2-11(3-5-12)10-19-14-8-6-13(16)7-9-14/h2-9H,10H2,1H3. The third kappa shape index (κ3) is 4.11. The van der Waals surface area contributed by atoms with Gasteiger partial charge in [-0.3, -0.25) is 0 Å². The molecule has 0 unspecified atom stereocenters. The van der Waals surface area contributed by atoms with Crippen molar-refractivity contribution in [2.75, 3.05) is 7.11 Å². The molecule has 0 amide bonds. The molecule has 0 aliphatic rings. The molecule has 2 rings (SSSR count). The Morgan fingerprint density at radius 2 is 1.74 bits per heavy atom. The van der Waals surface area contributed by atoms with Crippen molar-refractivity contribution in [3.8, 4) is 0 Å². The van der Waals surface area contributed by atoms with Crippen molar-refractivity contribution in [1.82, 2.24) is 0 Å². The zero-order chi connectivity index (χ0) is 13.7. The van der Waals surface area contributed by atoms with E-state index in [4.69, 9.17) is 0 Å². The number of carbonyl (C=O) groups is 1. The van der Waals surface area contributed by atoms with Crippen LogP contribution in [0.1, 0.15) is 15.9 Å². The summed E-state index contributed by atoms with van der Waals surface area (Å²) in [6, 6.07) is 15.7. The van der Waals surface area contributed by atoms with Crippen molar-refractivity contribution in [3.63, 3.8) is 0 Å². The van der Waals surface area contributed by atoms with Gasteiger partial charge >= 0.3 is 5.97 Å². The first-order chi connectivity index (χ1) is 9.19.